The second kappa shape index (κ2) is 8.36. The molecule has 7 heteroatoms. The summed E-state index contributed by atoms with van der Waals surface area (Å²) in [6, 6.07) is 17.0. The van der Waals surface area contributed by atoms with Gasteiger partial charge >= 0.3 is 0 Å². The first-order valence-electron chi connectivity index (χ1n) is 9.56. The molecular formula is C22H24N4O3. The SMILES string of the molecule is COc1ccc(-n2ccc(C(=O)N3CCNCC3c3ccccc3OC)n2)cc1. The van der Waals surface area contributed by atoms with Gasteiger partial charge in [-0.25, -0.2) is 4.68 Å². The number of nitrogens with zero attached hydrogens (tertiary/aromatic N) is 3. The number of piperazine rings is 1. The molecule has 1 aromatic heterocycles. The number of ether oxygens (including phenoxy) is 2. The fourth-order valence-electron chi connectivity index (χ4n) is 3.63. The molecule has 1 unspecified atom stereocenters. The number of aromatic nitrogens is 2. The molecule has 1 atom stereocenters. The predicted octanol–water partition coefficient (Wildman–Crippen LogP) is 2.68. The van der Waals surface area contributed by atoms with E-state index in [1.807, 2.05) is 53.4 Å². The summed E-state index contributed by atoms with van der Waals surface area (Å²) < 4.78 is 12.4. The number of hydrogen-bond donors (Lipinski definition) is 1. The Balaban J connectivity index is 1.60. The molecular weight excluding hydrogens is 368 g/mol. The van der Waals surface area contributed by atoms with Gasteiger partial charge in [-0.1, -0.05) is 18.2 Å². The molecule has 0 saturated carbocycles. The average molecular weight is 392 g/mol. The van der Waals surface area contributed by atoms with Gasteiger partial charge in [-0.2, -0.15) is 5.10 Å². The summed E-state index contributed by atoms with van der Waals surface area (Å²) in [4.78, 5) is 15.2. The number of amides is 1. The van der Waals surface area contributed by atoms with Crippen LogP contribution in [-0.4, -0.2) is 54.4 Å². The maximum Gasteiger partial charge on any atom is 0.274 e. The zero-order chi connectivity index (χ0) is 20.2. The summed E-state index contributed by atoms with van der Waals surface area (Å²) in [6.45, 7) is 2.03. The fourth-order valence-corrected chi connectivity index (χ4v) is 3.63. The highest BCUT2D eigenvalue weighted by Gasteiger charge is 2.31. The Morgan fingerprint density at radius 3 is 2.62 bits per heavy atom. The molecule has 29 heavy (non-hydrogen) atoms. The van der Waals surface area contributed by atoms with Gasteiger partial charge in [0.05, 0.1) is 25.9 Å². The van der Waals surface area contributed by atoms with E-state index in [9.17, 15) is 4.79 Å². The molecule has 1 N–H and O–H groups in total. The van der Waals surface area contributed by atoms with Crippen molar-refractivity contribution in [3.8, 4) is 17.2 Å². The fraction of sp³-hybridized carbons (Fsp3) is 0.273. The van der Waals surface area contributed by atoms with Gasteiger partial charge in [0.1, 0.15) is 11.5 Å². The van der Waals surface area contributed by atoms with E-state index in [-0.39, 0.29) is 11.9 Å². The molecule has 2 heterocycles. The molecule has 0 bridgehead atoms. The number of methoxy groups -OCH3 is 2. The summed E-state index contributed by atoms with van der Waals surface area (Å²) in [5, 5.41) is 7.89. The number of hydrogen-bond acceptors (Lipinski definition) is 5. The molecule has 3 aromatic rings. The van der Waals surface area contributed by atoms with Gasteiger partial charge in [-0.3, -0.25) is 4.79 Å². The molecule has 150 valence electrons. The molecule has 2 aromatic carbocycles. The number of rotatable bonds is 5. The Hall–Kier alpha value is -3.32. The third-order valence-corrected chi connectivity index (χ3v) is 5.15. The highest BCUT2D eigenvalue weighted by atomic mass is 16.5. The van der Waals surface area contributed by atoms with Crippen molar-refractivity contribution in [1.82, 2.24) is 20.0 Å². The van der Waals surface area contributed by atoms with E-state index >= 15 is 0 Å². The van der Waals surface area contributed by atoms with Gasteiger partial charge in [0, 0.05) is 31.4 Å². The van der Waals surface area contributed by atoms with Gasteiger partial charge in [-0.05, 0) is 36.4 Å². The second-order valence-electron chi connectivity index (χ2n) is 6.80. The quantitative estimate of drug-likeness (QED) is 0.723. The minimum Gasteiger partial charge on any atom is -0.497 e. The van der Waals surface area contributed by atoms with Crippen LogP contribution >= 0.6 is 0 Å². The van der Waals surface area contributed by atoms with E-state index in [0.717, 1.165) is 29.3 Å². The largest absolute Gasteiger partial charge is 0.497 e. The van der Waals surface area contributed by atoms with E-state index in [4.69, 9.17) is 9.47 Å². The van der Waals surface area contributed by atoms with Crippen LogP contribution in [-0.2, 0) is 0 Å². The van der Waals surface area contributed by atoms with Crippen molar-refractivity contribution in [2.45, 2.75) is 6.04 Å². The second-order valence-corrected chi connectivity index (χ2v) is 6.80. The lowest BCUT2D eigenvalue weighted by molar-refractivity contribution is 0.0625. The summed E-state index contributed by atoms with van der Waals surface area (Å²) in [7, 11) is 3.28. The van der Waals surface area contributed by atoms with Crippen LogP contribution in [0, 0.1) is 0 Å². The van der Waals surface area contributed by atoms with Crippen LogP contribution in [0.2, 0.25) is 0 Å². The van der Waals surface area contributed by atoms with Gasteiger partial charge in [0.25, 0.3) is 5.91 Å². The van der Waals surface area contributed by atoms with Crippen molar-refractivity contribution in [2.75, 3.05) is 33.9 Å². The van der Waals surface area contributed by atoms with Gasteiger partial charge in [0.2, 0.25) is 0 Å². The number of nitrogens with one attached hydrogen (secondary N) is 1. The molecule has 1 amide bonds. The number of carbonyl (C=O) groups excluding carboxylic acids is 1. The Morgan fingerprint density at radius 2 is 1.86 bits per heavy atom. The lowest BCUT2D eigenvalue weighted by atomic mass is 10.0. The highest BCUT2D eigenvalue weighted by molar-refractivity contribution is 5.92. The van der Waals surface area contributed by atoms with Crippen molar-refractivity contribution in [2.24, 2.45) is 0 Å². The Bertz CT molecular complexity index is 984. The van der Waals surface area contributed by atoms with Crippen LogP contribution in [0.15, 0.2) is 60.8 Å². The first-order chi connectivity index (χ1) is 14.2. The molecule has 7 nitrogen and oxygen atoms in total. The van der Waals surface area contributed by atoms with E-state index in [0.29, 0.717) is 18.8 Å². The standard InChI is InChI=1S/C22H24N4O3/c1-28-17-9-7-16(8-10-17)26-13-11-19(24-26)22(27)25-14-12-23-15-20(25)18-5-3-4-6-21(18)29-2/h3-11,13,20,23H,12,14-15H2,1-2H3. The van der Waals surface area contributed by atoms with Crippen molar-refractivity contribution in [3.05, 3.63) is 72.1 Å². The molecule has 1 aliphatic rings. The molecule has 1 aliphatic heterocycles. The van der Waals surface area contributed by atoms with Crippen molar-refractivity contribution < 1.29 is 14.3 Å². The van der Waals surface area contributed by atoms with Crippen molar-refractivity contribution in [3.63, 3.8) is 0 Å². The van der Waals surface area contributed by atoms with Gasteiger partial charge < -0.3 is 19.7 Å². The Morgan fingerprint density at radius 1 is 1.07 bits per heavy atom. The topological polar surface area (TPSA) is 68.6 Å². The van der Waals surface area contributed by atoms with Crippen LogP contribution < -0.4 is 14.8 Å². The first kappa shape index (κ1) is 19.0. The van der Waals surface area contributed by atoms with E-state index in [1.165, 1.54) is 0 Å². The Kier molecular flexibility index (Phi) is 5.48. The molecule has 0 aliphatic carbocycles. The lowest BCUT2D eigenvalue weighted by Gasteiger charge is -2.36. The minimum absolute atomic E-state index is 0.0883. The number of para-hydroxylation sites is 1. The van der Waals surface area contributed by atoms with Crippen LogP contribution in [0.25, 0.3) is 5.69 Å². The first-order valence-corrected chi connectivity index (χ1v) is 9.56. The highest BCUT2D eigenvalue weighted by Crippen LogP contribution is 2.31. The van der Waals surface area contributed by atoms with Gasteiger partial charge in [-0.15, -0.1) is 0 Å². The van der Waals surface area contributed by atoms with E-state index in [2.05, 4.69) is 10.4 Å². The smallest absolute Gasteiger partial charge is 0.274 e. The average Bonchev–Trinajstić information content (AvgIpc) is 3.29. The Labute approximate surface area is 169 Å². The minimum atomic E-state index is -0.112. The summed E-state index contributed by atoms with van der Waals surface area (Å²) >= 11 is 0. The van der Waals surface area contributed by atoms with Crippen molar-refractivity contribution in [1.29, 1.82) is 0 Å². The predicted molar refractivity (Wildman–Crippen MR) is 110 cm³/mol. The van der Waals surface area contributed by atoms with Crippen LogP contribution in [0.5, 0.6) is 11.5 Å². The molecule has 0 spiro atoms. The van der Waals surface area contributed by atoms with Gasteiger partial charge in [0.15, 0.2) is 5.69 Å². The zero-order valence-corrected chi connectivity index (χ0v) is 16.5. The van der Waals surface area contributed by atoms with E-state index in [1.54, 1.807) is 31.2 Å². The lowest BCUT2D eigenvalue weighted by Crippen LogP contribution is -2.48. The third-order valence-electron chi connectivity index (χ3n) is 5.15. The molecule has 4 rings (SSSR count). The summed E-state index contributed by atoms with van der Waals surface area (Å²) in [5.41, 5.74) is 2.28. The molecule has 1 saturated heterocycles. The number of benzene rings is 2. The number of carbonyl (C=O) groups is 1. The summed E-state index contributed by atoms with van der Waals surface area (Å²) in [5.74, 6) is 1.47. The third kappa shape index (κ3) is 3.82. The van der Waals surface area contributed by atoms with E-state index < -0.39 is 0 Å². The van der Waals surface area contributed by atoms with Crippen LogP contribution in [0.3, 0.4) is 0 Å². The maximum atomic E-state index is 13.3. The maximum absolute atomic E-state index is 13.3. The van der Waals surface area contributed by atoms with Crippen LogP contribution in [0.1, 0.15) is 22.1 Å². The van der Waals surface area contributed by atoms with Crippen LogP contribution in [0.4, 0.5) is 0 Å². The molecule has 0 radical (unpaired) electrons. The van der Waals surface area contributed by atoms with Crippen molar-refractivity contribution >= 4 is 5.91 Å². The normalized spacial score (nSPS) is 16.5. The molecule has 1 fully saturated rings. The summed E-state index contributed by atoms with van der Waals surface area (Å²) in [6.07, 6.45) is 1.80. The zero-order valence-electron chi connectivity index (χ0n) is 16.5. The monoisotopic (exact) mass is 392 g/mol.